The van der Waals surface area contributed by atoms with Crippen molar-refractivity contribution in [1.29, 1.82) is 0 Å². The van der Waals surface area contributed by atoms with Crippen LogP contribution in [-0.4, -0.2) is 41.1 Å². The lowest BCUT2D eigenvalue weighted by Crippen LogP contribution is -2.33. The number of rotatable bonds is 7. The summed E-state index contributed by atoms with van der Waals surface area (Å²) < 4.78 is 6.25. The second-order valence-corrected chi connectivity index (χ2v) is 8.29. The van der Waals surface area contributed by atoms with Gasteiger partial charge in [0.25, 0.3) is 0 Å². The molecule has 4 aromatic rings. The molecule has 1 saturated heterocycles. The van der Waals surface area contributed by atoms with E-state index in [1.165, 1.54) is 32.4 Å². The van der Waals surface area contributed by atoms with Crippen LogP contribution < -0.4 is 4.74 Å². The minimum absolute atomic E-state index is 0.689. The molecule has 0 atom stereocenters. The van der Waals surface area contributed by atoms with E-state index in [2.05, 4.69) is 64.5 Å². The number of likely N-dealkylation sites (tertiary alicyclic amines) is 1. The lowest BCUT2D eigenvalue weighted by molar-refractivity contribution is 0.183. The van der Waals surface area contributed by atoms with Gasteiger partial charge in [-0.2, -0.15) is 0 Å². The number of nitrogens with zero attached hydrogens (tertiary/aromatic N) is 2. The standard InChI is InChI=1S/C28H29N3O/c1-4-12-22(13-5-1)26-27(23-14-6-2-7-15-23)30-28(29-26)24-16-8-9-17-25(24)32-21-20-31-18-10-3-11-19-31/h1-2,4-9,12-17H,3,10-11,18-21H2,(H,29,30). The van der Waals surface area contributed by atoms with Crippen molar-refractivity contribution in [2.45, 2.75) is 19.3 Å². The predicted octanol–water partition coefficient (Wildman–Crippen LogP) is 6.28. The Bertz CT molecular complexity index is 1070. The predicted molar refractivity (Wildman–Crippen MR) is 131 cm³/mol. The molecule has 1 N–H and O–H groups in total. The number of hydrogen-bond donors (Lipinski definition) is 1. The molecule has 4 nitrogen and oxygen atoms in total. The van der Waals surface area contributed by atoms with Crippen molar-refractivity contribution in [3.05, 3.63) is 84.9 Å². The fourth-order valence-corrected chi connectivity index (χ4v) is 4.38. The van der Waals surface area contributed by atoms with E-state index in [4.69, 9.17) is 9.72 Å². The SMILES string of the molecule is c1ccc(-c2nc(-c3ccccc3OCCN3CCCCC3)[nH]c2-c2ccccc2)cc1. The van der Waals surface area contributed by atoms with Gasteiger partial charge in [0.1, 0.15) is 18.2 Å². The lowest BCUT2D eigenvalue weighted by Gasteiger charge is -2.26. The van der Waals surface area contributed by atoms with E-state index in [9.17, 15) is 0 Å². The first-order chi connectivity index (χ1) is 15.9. The van der Waals surface area contributed by atoms with Gasteiger partial charge in [-0.25, -0.2) is 4.98 Å². The van der Waals surface area contributed by atoms with Gasteiger partial charge in [0.2, 0.25) is 0 Å². The average molecular weight is 424 g/mol. The molecule has 0 aliphatic carbocycles. The van der Waals surface area contributed by atoms with Crippen molar-refractivity contribution in [3.8, 4) is 39.7 Å². The Hall–Kier alpha value is -3.37. The fourth-order valence-electron chi connectivity index (χ4n) is 4.38. The van der Waals surface area contributed by atoms with E-state index in [0.29, 0.717) is 6.61 Å². The molecule has 162 valence electrons. The van der Waals surface area contributed by atoms with Gasteiger partial charge in [-0.05, 0) is 38.1 Å². The van der Waals surface area contributed by atoms with Gasteiger partial charge in [-0.3, -0.25) is 4.90 Å². The topological polar surface area (TPSA) is 41.1 Å². The van der Waals surface area contributed by atoms with Gasteiger partial charge in [0, 0.05) is 17.7 Å². The van der Waals surface area contributed by atoms with Gasteiger partial charge in [0.15, 0.2) is 0 Å². The van der Waals surface area contributed by atoms with E-state index in [0.717, 1.165) is 46.2 Å². The summed E-state index contributed by atoms with van der Waals surface area (Å²) in [5.41, 5.74) is 5.18. The van der Waals surface area contributed by atoms with Crippen LogP contribution in [0.1, 0.15) is 19.3 Å². The molecule has 0 amide bonds. The molecule has 0 radical (unpaired) electrons. The van der Waals surface area contributed by atoms with Crippen LogP contribution in [0.3, 0.4) is 0 Å². The Balaban J connectivity index is 1.45. The number of hydrogen-bond acceptors (Lipinski definition) is 3. The number of nitrogens with one attached hydrogen (secondary N) is 1. The zero-order valence-corrected chi connectivity index (χ0v) is 18.3. The van der Waals surface area contributed by atoms with Gasteiger partial charge < -0.3 is 9.72 Å². The van der Waals surface area contributed by atoms with E-state index in [1.807, 2.05) is 30.3 Å². The highest BCUT2D eigenvalue weighted by Gasteiger charge is 2.17. The number of ether oxygens (including phenoxy) is 1. The van der Waals surface area contributed by atoms with Gasteiger partial charge in [0.05, 0.1) is 17.0 Å². The van der Waals surface area contributed by atoms with Crippen molar-refractivity contribution in [2.75, 3.05) is 26.2 Å². The third kappa shape index (κ3) is 4.61. The molecule has 1 aliphatic rings. The molecule has 1 aliphatic heterocycles. The molecule has 1 fully saturated rings. The minimum atomic E-state index is 0.689. The summed E-state index contributed by atoms with van der Waals surface area (Å²) in [4.78, 5) is 11.1. The summed E-state index contributed by atoms with van der Waals surface area (Å²) in [5.74, 6) is 1.70. The Morgan fingerprint density at radius 2 is 1.41 bits per heavy atom. The molecule has 3 aromatic carbocycles. The summed E-state index contributed by atoms with van der Waals surface area (Å²) in [6.07, 6.45) is 3.95. The smallest absolute Gasteiger partial charge is 0.142 e. The highest BCUT2D eigenvalue weighted by molar-refractivity contribution is 5.82. The molecule has 32 heavy (non-hydrogen) atoms. The summed E-state index contributed by atoms with van der Waals surface area (Å²) in [6, 6.07) is 28.9. The van der Waals surface area contributed by atoms with E-state index in [-0.39, 0.29) is 0 Å². The van der Waals surface area contributed by atoms with E-state index >= 15 is 0 Å². The Morgan fingerprint density at radius 3 is 2.16 bits per heavy atom. The third-order valence-electron chi connectivity index (χ3n) is 6.07. The van der Waals surface area contributed by atoms with Crippen LogP contribution in [0.5, 0.6) is 5.75 Å². The Kier molecular flexibility index (Phi) is 6.31. The average Bonchev–Trinajstić information content (AvgIpc) is 3.32. The Labute approximate surface area is 189 Å². The third-order valence-corrected chi connectivity index (χ3v) is 6.07. The molecule has 1 aromatic heterocycles. The fraction of sp³-hybridized carbons (Fsp3) is 0.250. The van der Waals surface area contributed by atoms with E-state index in [1.54, 1.807) is 0 Å². The molecule has 0 saturated carbocycles. The van der Waals surface area contributed by atoms with E-state index < -0.39 is 0 Å². The second kappa shape index (κ2) is 9.84. The van der Waals surface area contributed by atoms with Crippen LogP contribution in [0.4, 0.5) is 0 Å². The van der Waals surface area contributed by atoms with Gasteiger partial charge >= 0.3 is 0 Å². The van der Waals surface area contributed by atoms with Crippen LogP contribution in [0.15, 0.2) is 84.9 Å². The molecule has 5 rings (SSSR count). The lowest BCUT2D eigenvalue weighted by atomic mass is 10.1. The van der Waals surface area contributed by atoms with Gasteiger partial charge in [-0.15, -0.1) is 0 Å². The maximum atomic E-state index is 6.25. The molecule has 2 heterocycles. The zero-order valence-electron chi connectivity index (χ0n) is 18.3. The summed E-state index contributed by atoms with van der Waals surface area (Å²) >= 11 is 0. The summed E-state index contributed by atoms with van der Waals surface area (Å²) in [6.45, 7) is 4.03. The number of aromatic amines is 1. The van der Waals surface area contributed by atoms with Crippen LogP contribution >= 0.6 is 0 Å². The number of para-hydroxylation sites is 1. The quantitative estimate of drug-likeness (QED) is 0.381. The van der Waals surface area contributed by atoms with Crippen LogP contribution in [0.25, 0.3) is 33.9 Å². The normalized spacial score (nSPS) is 14.4. The van der Waals surface area contributed by atoms with Crippen LogP contribution in [0.2, 0.25) is 0 Å². The number of piperidine rings is 1. The number of aromatic nitrogens is 2. The number of benzene rings is 3. The van der Waals surface area contributed by atoms with Crippen molar-refractivity contribution in [3.63, 3.8) is 0 Å². The van der Waals surface area contributed by atoms with Crippen molar-refractivity contribution in [2.24, 2.45) is 0 Å². The number of imidazole rings is 1. The maximum Gasteiger partial charge on any atom is 0.142 e. The second-order valence-electron chi connectivity index (χ2n) is 8.29. The minimum Gasteiger partial charge on any atom is -0.491 e. The molecular formula is C28H29N3O. The largest absolute Gasteiger partial charge is 0.491 e. The Morgan fingerprint density at radius 1 is 0.750 bits per heavy atom. The number of H-pyrrole nitrogens is 1. The van der Waals surface area contributed by atoms with Crippen molar-refractivity contribution >= 4 is 0 Å². The molecule has 4 heteroatoms. The van der Waals surface area contributed by atoms with Crippen molar-refractivity contribution in [1.82, 2.24) is 14.9 Å². The maximum absolute atomic E-state index is 6.25. The zero-order chi connectivity index (χ0) is 21.6. The van der Waals surface area contributed by atoms with Crippen LogP contribution in [-0.2, 0) is 0 Å². The molecular weight excluding hydrogens is 394 g/mol. The molecule has 0 unspecified atom stereocenters. The highest BCUT2D eigenvalue weighted by Crippen LogP contribution is 2.35. The summed E-state index contributed by atoms with van der Waals surface area (Å²) in [7, 11) is 0. The highest BCUT2D eigenvalue weighted by atomic mass is 16.5. The molecule has 0 bridgehead atoms. The van der Waals surface area contributed by atoms with Crippen LogP contribution in [0, 0.1) is 0 Å². The monoisotopic (exact) mass is 423 g/mol. The van der Waals surface area contributed by atoms with Gasteiger partial charge in [-0.1, -0.05) is 79.2 Å². The molecule has 0 spiro atoms. The first-order valence-electron chi connectivity index (χ1n) is 11.5. The van der Waals surface area contributed by atoms with Crippen molar-refractivity contribution < 1.29 is 4.74 Å². The first kappa shape index (κ1) is 20.5. The first-order valence-corrected chi connectivity index (χ1v) is 11.5. The summed E-state index contributed by atoms with van der Waals surface area (Å²) in [5, 5.41) is 0.